The lowest BCUT2D eigenvalue weighted by atomic mass is 10.1. The van der Waals surface area contributed by atoms with E-state index < -0.39 is 0 Å². The van der Waals surface area contributed by atoms with Gasteiger partial charge in [-0.3, -0.25) is 0 Å². The van der Waals surface area contributed by atoms with E-state index in [1.54, 1.807) is 0 Å². The van der Waals surface area contributed by atoms with Crippen LogP contribution in [-0.2, 0) is 0 Å². The topological polar surface area (TPSA) is 125 Å². The predicted octanol–water partition coefficient (Wildman–Crippen LogP) is 19.1. The molecular formula is C72H55N7O2. The molecule has 81 heavy (non-hydrogen) atoms. The van der Waals surface area contributed by atoms with Crippen molar-refractivity contribution in [1.29, 1.82) is 0 Å². The Balaban J connectivity index is 0.000000114. The standard InChI is InChI=1S/C24H19N3.2C24H18N2O/c1-16(25-24-15-20-8-3-5-12-22(20)27-24)17-9-6-10-18(13-17)23-14-19-7-2-4-11-21(19)26-23;1-16(23-14-18-7-2-4-11-21(18)25-23)27-20-10-6-9-17(13-20)24-15-19-8-3-5-12-22(19)26-24;1-16(27-24-15-20-8-3-5-12-22(20)26-24)17-9-6-10-18(13-17)23-14-19-7-2-4-11-21(19)25-23/h2-15,25-27H,1H2;2*2-15,25-26H,1H2. The molecule has 7 N–H and O–H groups in total. The van der Waals surface area contributed by atoms with E-state index in [1.165, 1.54) is 21.5 Å². The fraction of sp³-hybridized carbons (Fsp3) is 0. The molecule has 0 aliphatic rings. The van der Waals surface area contributed by atoms with Crippen LogP contribution < -0.4 is 14.8 Å². The second kappa shape index (κ2) is 21.7. The Morgan fingerprint density at radius 3 is 1.21 bits per heavy atom. The molecule has 9 heteroatoms. The van der Waals surface area contributed by atoms with Gasteiger partial charge in [0.2, 0.25) is 0 Å². The minimum absolute atomic E-state index is 0.597. The summed E-state index contributed by atoms with van der Waals surface area (Å²) in [5.74, 6) is 3.60. The average molecular weight is 1050 g/mol. The van der Waals surface area contributed by atoms with Crippen molar-refractivity contribution in [3.63, 3.8) is 0 Å². The molecule has 0 fully saturated rings. The fourth-order valence-electron chi connectivity index (χ4n) is 10.2. The highest BCUT2D eigenvalue weighted by atomic mass is 16.5. The first-order valence-corrected chi connectivity index (χ1v) is 26.8. The Morgan fingerprint density at radius 2 is 0.716 bits per heavy atom. The number of hydrogen-bond acceptors (Lipinski definition) is 3. The third-order valence-electron chi connectivity index (χ3n) is 14.4. The summed E-state index contributed by atoms with van der Waals surface area (Å²) >= 11 is 0. The minimum atomic E-state index is 0.597. The van der Waals surface area contributed by atoms with E-state index in [-0.39, 0.29) is 0 Å². The highest BCUT2D eigenvalue weighted by Crippen LogP contribution is 2.33. The SMILES string of the molecule is C=C(Nc1cc2ccccc2[nH]1)c1cccc(-c2cc3ccccc3[nH]2)c1.C=C(Oc1cc2ccccc2[nH]1)c1cccc(-c2cc3ccccc3[nH]2)c1.C=C(Oc1cccc(-c2cc3ccccc3[nH]2)c1)c1cc2ccccc2[nH]1. The lowest BCUT2D eigenvalue weighted by Gasteiger charge is -2.09. The van der Waals surface area contributed by atoms with Crippen LogP contribution in [0.3, 0.4) is 0 Å². The number of hydrogen-bond donors (Lipinski definition) is 7. The summed E-state index contributed by atoms with van der Waals surface area (Å²) in [5, 5.41) is 10.4. The second-order valence-electron chi connectivity index (χ2n) is 19.9. The zero-order valence-corrected chi connectivity index (χ0v) is 44.2. The van der Waals surface area contributed by atoms with Gasteiger partial charge in [-0.1, -0.05) is 177 Å². The lowest BCUT2D eigenvalue weighted by molar-refractivity contribution is 0.500. The molecule has 0 saturated heterocycles. The van der Waals surface area contributed by atoms with Gasteiger partial charge in [0, 0.05) is 105 Å². The molecule has 15 aromatic rings. The van der Waals surface area contributed by atoms with Crippen molar-refractivity contribution < 1.29 is 9.47 Å². The van der Waals surface area contributed by atoms with Gasteiger partial charge >= 0.3 is 0 Å². The number of rotatable bonds is 12. The Kier molecular flexibility index (Phi) is 13.2. The zero-order chi connectivity index (χ0) is 54.7. The van der Waals surface area contributed by atoms with Crippen molar-refractivity contribution in [3.05, 3.63) is 291 Å². The Hall–Kier alpha value is -11.2. The number of aromatic nitrogens is 6. The van der Waals surface area contributed by atoms with Gasteiger partial charge in [0.15, 0.2) is 5.88 Å². The Labute approximate surface area is 467 Å². The number of ether oxygens (including phenoxy) is 2. The van der Waals surface area contributed by atoms with E-state index in [4.69, 9.17) is 9.47 Å². The molecule has 0 aliphatic heterocycles. The van der Waals surface area contributed by atoms with Crippen LogP contribution in [0, 0.1) is 0 Å². The van der Waals surface area contributed by atoms with E-state index in [1.807, 2.05) is 115 Å². The maximum Gasteiger partial charge on any atom is 0.198 e. The molecule has 390 valence electrons. The molecule has 9 aromatic carbocycles. The third kappa shape index (κ3) is 10.8. The van der Waals surface area contributed by atoms with E-state index in [2.05, 4.69) is 194 Å². The second-order valence-corrected chi connectivity index (χ2v) is 19.9. The Bertz CT molecular complexity index is 4380. The van der Waals surface area contributed by atoms with Crippen molar-refractivity contribution in [2.24, 2.45) is 0 Å². The van der Waals surface area contributed by atoms with Gasteiger partial charge in [-0.2, -0.15) is 0 Å². The largest absolute Gasteiger partial charge is 0.456 e. The van der Waals surface area contributed by atoms with E-state index in [9.17, 15) is 0 Å². The van der Waals surface area contributed by atoms with Gasteiger partial charge in [-0.15, -0.1) is 0 Å². The summed E-state index contributed by atoms with van der Waals surface area (Å²) in [7, 11) is 0. The lowest BCUT2D eigenvalue weighted by Crippen LogP contribution is -1.97. The zero-order valence-electron chi connectivity index (χ0n) is 44.2. The summed E-state index contributed by atoms with van der Waals surface area (Å²) in [4.78, 5) is 20.4. The monoisotopic (exact) mass is 1050 g/mol. The number of anilines is 1. The van der Waals surface area contributed by atoms with Gasteiger partial charge in [0.1, 0.15) is 23.1 Å². The number of benzene rings is 9. The maximum absolute atomic E-state index is 6.03. The predicted molar refractivity (Wildman–Crippen MR) is 338 cm³/mol. The molecule has 6 aromatic heterocycles. The summed E-state index contributed by atoms with van der Waals surface area (Å²) in [5.41, 5.74) is 17.0. The fourth-order valence-corrected chi connectivity index (χ4v) is 10.2. The quantitative estimate of drug-likeness (QED) is 0.0616. The maximum atomic E-state index is 6.03. The van der Waals surface area contributed by atoms with Crippen molar-refractivity contribution in [2.45, 2.75) is 0 Å². The van der Waals surface area contributed by atoms with Crippen molar-refractivity contribution in [1.82, 2.24) is 29.9 Å². The van der Waals surface area contributed by atoms with Gasteiger partial charge in [-0.25, -0.2) is 0 Å². The van der Waals surface area contributed by atoms with Crippen LogP contribution in [0.4, 0.5) is 5.82 Å². The molecule has 6 heterocycles. The molecule has 0 amide bonds. The molecule has 0 aliphatic carbocycles. The molecule has 0 radical (unpaired) electrons. The average Bonchev–Trinajstić information content (AvgIpc) is 4.41. The molecule has 0 saturated carbocycles. The van der Waals surface area contributed by atoms with Gasteiger partial charge in [-0.05, 0) is 108 Å². The van der Waals surface area contributed by atoms with Crippen LogP contribution in [-0.4, -0.2) is 29.9 Å². The summed E-state index contributed by atoms with van der Waals surface area (Å²) in [6.45, 7) is 12.4. The third-order valence-corrected chi connectivity index (χ3v) is 14.4. The minimum Gasteiger partial charge on any atom is -0.456 e. The molecule has 0 bridgehead atoms. The summed E-state index contributed by atoms with van der Waals surface area (Å²) < 4.78 is 12.0. The van der Waals surface area contributed by atoms with Crippen LogP contribution in [0.1, 0.15) is 16.8 Å². The number of para-hydroxylation sites is 6. The highest BCUT2D eigenvalue weighted by molar-refractivity contribution is 5.91. The van der Waals surface area contributed by atoms with Crippen molar-refractivity contribution in [2.75, 3.05) is 5.32 Å². The van der Waals surface area contributed by atoms with Crippen LogP contribution >= 0.6 is 0 Å². The Morgan fingerprint density at radius 1 is 0.309 bits per heavy atom. The van der Waals surface area contributed by atoms with Crippen LogP contribution in [0.2, 0.25) is 0 Å². The van der Waals surface area contributed by atoms with Crippen molar-refractivity contribution in [3.8, 4) is 45.4 Å². The van der Waals surface area contributed by atoms with Crippen LogP contribution in [0.25, 0.3) is 116 Å². The highest BCUT2D eigenvalue weighted by Gasteiger charge is 2.12. The van der Waals surface area contributed by atoms with Gasteiger partial charge in [0.05, 0.1) is 5.69 Å². The van der Waals surface area contributed by atoms with Crippen molar-refractivity contribution >= 4 is 88.5 Å². The van der Waals surface area contributed by atoms with E-state index in [0.717, 1.165) is 112 Å². The van der Waals surface area contributed by atoms with Gasteiger partial charge < -0.3 is 44.7 Å². The normalized spacial score (nSPS) is 11.1. The molecule has 15 rings (SSSR count). The first-order chi connectivity index (χ1) is 39.8. The summed E-state index contributed by atoms with van der Waals surface area (Å²) in [6, 6.07) is 86.6. The number of fused-ring (bicyclic) bond motifs is 6. The van der Waals surface area contributed by atoms with Gasteiger partial charge in [0.25, 0.3) is 0 Å². The molecule has 9 nitrogen and oxygen atoms in total. The number of H-pyrrole nitrogens is 6. The van der Waals surface area contributed by atoms with E-state index >= 15 is 0 Å². The summed E-state index contributed by atoms with van der Waals surface area (Å²) in [6.07, 6.45) is 0. The van der Waals surface area contributed by atoms with Crippen LogP contribution in [0.15, 0.2) is 275 Å². The number of nitrogens with one attached hydrogen (secondary N) is 7. The molecular weight excluding hydrogens is 995 g/mol. The molecule has 0 unspecified atom stereocenters. The molecule has 0 atom stereocenters. The van der Waals surface area contributed by atoms with E-state index in [0.29, 0.717) is 17.4 Å². The first kappa shape index (κ1) is 49.4. The smallest absolute Gasteiger partial charge is 0.198 e. The molecule has 0 spiro atoms. The van der Waals surface area contributed by atoms with Crippen LogP contribution in [0.5, 0.6) is 11.6 Å². The first-order valence-electron chi connectivity index (χ1n) is 26.8. The number of aromatic amines is 6.